The van der Waals surface area contributed by atoms with Crippen molar-refractivity contribution in [1.29, 1.82) is 10.5 Å². The Bertz CT molecular complexity index is 564. The van der Waals surface area contributed by atoms with Gasteiger partial charge in [-0.25, -0.2) is 0 Å². The lowest BCUT2D eigenvalue weighted by Gasteiger charge is -2.23. The molecule has 0 amide bonds. The second-order valence-electron chi connectivity index (χ2n) is 4.51. The van der Waals surface area contributed by atoms with Gasteiger partial charge in [-0.2, -0.15) is 10.5 Å². The number of rotatable bonds is 1. The van der Waals surface area contributed by atoms with Crippen molar-refractivity contribution in [2.45, 2.75) is 25.7 Å². The van der Waals surface area contributed by atoms with Gasteiger partial charge in [0.25, 0.3) is 0 Å². The molecule has 0 fully saturated rings. The third kappa shape index (κ3) is 2.34. The SMILES string of the molecule is CC1=CC[C@@H](c2ccccc2)CC1=C(C#N)C#N. The normalized spacial score (nSPS) is 18.5. The lowest BCUT2D eigenvalue weighted by Crippen LogP contribution is -2.07. The van der Waals surface area contributed by atoms with Crippen LogP contribution in [0.3, 0.4) is 0 Å². The molecule has 0 radical (unpaired) electrons. The molecule has 2 rings (SSSR count). The minimum atomic E-state index is 0.254. The molecule has 88 valence electrons. The van der Waals surface area contributed by atoms with Crippen LogP contribution in [0.1, 0.15) is 31.2 Å². The first-order valence-corrected chi connectivity index (χ1v) is 6.01. The fourth-order valence-corrected chi connectivity index (χ4v) is 2.37. The predicted octanol–water partition coefficient (Wildman–Crippen LogP) is 3.85. The van der Waals surface area contributed by atoms with Crippen LogP contribution in [-0.4, -0.2) is 0 Å². The van der Waals surface area contributed by atoms with Gasteiger partial charge in [0.2, 0.25) is 0 Å². The van der Waals surface area contributed by atoms with E-state index in [0.29, 0.717) is 5.92 Å². The minimum Gasteiger partial charge on any atom is -0.192 e. The van der Waals surface area contributed by atoms with Crippen LogP contribution in [-0.2, 0) is 0 Å². The molecule has 0 unspecified atom stereocenters. The van der Waals surface area contributed by atoms with E-state index in [1.54, 1.807) is 0 Å². The molecule has 18 heavy (non-hydrogen) atoms. The summed E-state index contributed by atoms with van der Waals surface area (Å²) in [6.07, 6.45) is 3.89. The van der Waals surface area contributed by atoms with E-state index in [-0.39, 0.29) is 5.57 Å². The summed E-state index contributed by atoms with van der Waals surface area (Å²) in [6.45, 7) is 1.98. The molecule has 1 aromatic rings. The maximum Gasteiger partial charge on any atom is 0.133 e. The van der Waals surface area contributed by atoms with Gasteiger partial charge >= 0.3 is 0 Å². The first-order valence-electron chi connectivity index (χ1n) is 6.01. The molecule has 1 atom stereocenters. The van der Waals surface area contributed by atoms with Crippen LogP contribution in [0.2, 0.25) is 0 Å². The van der Waals surface area contributed by atoms with Gasteiger partial charge in [0.1, 0.15) is 17.7 Å². The lowest BCUT2D eigenvalue weighted by atomic mass is 9.80. The molecule has 0 saturated heterocycles. The fraction of sp³-hybridized carbons (Fsp3) is 0.250. The second kappa shape index (κ2) is 5.34. The summed E-state index contributed by atoms with van der Waals surface area (Å²) in [5.41, 5.74) is 3.50. The minimum absolute atomic E-state index is 0.254. The largest absolute Gasteiger partial charge is 0.192 e. The van der Waals surface area contributed by atoms with E-state index in [1.807, 2.05) is 37.3 Å². The number of nitriles is 2. The fourth-order valence-electron chi connectivity index (χ4n) is 2.37. The Balaban J connectivity index is 2.36. The maximum atomic E-state index is 9.00. The lowest BCUT2D eigenvalue weighted by molar-refractivity contribution is 0.668. The highest BCUT2D eigenvalue weighted by atomic mass is 14.3. The number of allylic oxidation sites excluding steroid dienone is 4. The van der Waals surface area contributed by atoms with Crippen LogP contribution in [0.15, 0.2) is 53.1 Å². The van der Waals surface area contributed by atoms with Gasteiger partial charge < -0.3 is 0 Å². The van der Waals surface area contributed by atoms with Crippen LogP contribution >= 0.6 is 0 Å². The summed E-state index contributed by atoms with van der Waals surface area (Å²) in [5.74, 6) is 0.376. The molecule has 2 nitrogen and oxygen atoms in total. The zero-order valence-electron chi connectivity index (χ0n) is 10.4. The van der Waals surface area contributed by atoms with Crippen LogP contribution in [0, 0.1) is 22.7 Å². The summed E-state index contributed by atoms with van der Waals surface area (Å²) in [6, 6.07) is 14.3. The molecule has 0 aromatic heterocycles. The highest BCUT2D eigenvalue weighted by Crippen LogP contribution is 2.36. The van der Waals surface area contributed by atoms with Crippen molar-refractivity contribution in [2.75, 3.05) is 0 Å². The third-order valence-electron chi connectivity index (χ3n) is 3.43. The number of benzene rings is 1. The Labute approximate surface area is 107 Å². The average Bonchev–Trinajstić information content (AvgIpc) is 2.43. The average molecular weight is 234 g/mol. The zero-order valence-corrected chi connectivity index (χ0v) is 10.4. The van der Waals surface area contributed by atoms with E-state index in [1.165, 1.54) is 5.56 Å². The van der Waals surface area contributed by atoms with E-state index in [4.69, 9.17) is 10.5 Å². The first-order chi connectivity index (χ1) is 8.76. The molecule has 1 aliphatic carbocycles. The molecule has 1 aromatic carbocycles. The van der Waals surface area contributed by atoms with Crippen molar-refractivity contribution in [3.8, 4) is 12.1 Å². The highest BCUT2D eigenvalue weighted by molar-refractivity contribution is 5.50. The molecular formula is C16H14N2. The summed E-state index contributed by atoms with van der Waals surface area (Å²) in [5, 5.41) is 18.0. The van der Waals surface area contributed by atoms with E-state index >= 15 is 0 Å². The summed E-state index contributed by atoms with van der Waals surface area (Å²) in [7, 11) is 0. The zero-order chi connectivity index (χ0) is 13.0. The second-order valence-corrected chi connectivity index (χ2v) is 4.51. The Morgan fingerprint density at radius 1 is 1.17 bits per heavy atom. The van der Waals surface area contributed by atoms with Crippen molar-refractivity contribution >= 4 is 0 Å². The molecule has 0 aliphatic heterocycles. The molecule has 0 spiro atoms. The number of hydrogen-bond donors (Lipinski definition) is 0. The Morgan fingerprint density at radius 3 is 2.44 bits per heavy atom. The molecule has 0 heterocycles. The number of hydrogen-bond acceptors (Lipinski definition) is 2. The maximum absolute atomic E-state index is 9.00. The van der Waals surface area contributed by atoms with Crippen molar-refractivity contribution in [3.63, 3.8) is 0 Å². The van der Waals surface area contributed by atoms with Crippen molar-refractivity contribution < 1.29 is 0 Å². The molecule has 1 aliphatic rings. The Morgan fingerprint density at radius 2 is 1.83 bits per heavy atom. The van der Waals surface area contributed by atoms with Gasteiger partial charge in [0.05, 0.1) is 0 Å². The van der Waals surface area contributed by atoms with Gasteiger partial charge in [-0.1, -0.05) is 36.4 Å². The number of nitrogens with zero attached hydrogens (tertiary/aromatic N) is 2. The molecule has 0 saturated carbocycles. The predicted molar refractivity (Wildman–Crippen MR) is 70.4 cm³/mol. The van der Waals surface area contributed by atoms with Gasteiger partial charge in [-0.3, -0.25) is 0 Å². The van der Waals surface area contributed by atoms with E-state index < -0.39 is 0 Å². The molecule has 2 heteroatoms. The van der Waals surface area contributed by atoms with Crippen LogP contribution in [0.4, 0.5) is 0 Å². The topological polar surface area (TPSA) is 47.6 Å². The Hall–Kier alpha value is -2.32. The highest BCUT2D eigenvalue weighted by Gasteiger charge is 2.21. The van der Waals surface area contributed by atoms with Gasteiger partial charge in [0.15, 0.2) is 0 Å². The van der Waals surface area contributed by atoms with Crippen molar-refractivity contribution in [3.05, 3.63) is 58.7 Å². The monoisotopic (exact) mass is 234 g/mol. The van der Waals surface area contributed by atoms with Crippen molar-refractivity contribution in [1.82, 2.24) is 0 Å². The molecule has 0 N–H and O–H groups in total. The Kier molecular flexibility index (Phi) is 3.60. The van der Waals surface area contributed by atoms with Crippen LogP contribution in [0.5, 0.6) is 0 Å². The summed E-state index contributed by atoms with van der Waals surface area (Å²) < 4.78 is 0. The van der Waals surface area contributed by atoms with E-state index in [2.05, 4.69) is 18.2 Å². The van der Waals surface area contributed by atoms with Gasteiger partial charge in [-0.05, 0) is 42.4 Å². The van der Waals surface area contributed by atoms with Crippen molar-refractivity contribution in [2.24, 2.45) is 0 Å². The summed E-state index contributed by atoms with van der Waals surface area (Å²) >= 11 is 0. The first kappa shape index (κ1) is 12.1. The molecule has 0 bridgehead atoms. The van der Waals surface area contributed by atoms with Gasteiger partial charge in [0, 0.05) is 0 Å². The molecular weight excluding hydrogens is 220 g/mol. The standard InChI is InChI=1S/C16H14N2/c1-12-7-8-14(13-5-3-2-4-6-13)9-16(12)15(10-17)11-18/h2-7,14H,8-9H2,1H3/t14-/m1/s1. The summed E-state index contributed by atoms with van der Waals surface area (Å²) in [4.78, 5) is 0. The quantitative estimate of drug-likeness (QED) is 0.693. The third-order valence-corrected chi connectivity index (χ3v) is 3.43. The smallest absolute Gasteiger partial charge is 0.133 e. The van der Waals surface area contributed by atoms with Crippen LogP contribution < -0.4 is 0 Å². The van der Waals surface area contributed by atoms with Gasteiger partial charge in [-0.15, -0.1) is 0 Å². The van der Waals surface area contributed by atoms with Crippen LogP contribution in [0.25, 0.3) is 0 Å². The van der Waals surface area contributed by atoms with E-state index in [9.17, 15) is 0 Å². The van der Waals surface area contributed by atoms with E-state index in [0.717, 1.165) is 24.0 Å².